The second-order valence-electron chi connectivity index (χ2n) is 6.02. The summed E-state index contributed by atoms with van der Waals surface area (Å²) in [5.41, 5.74) is 1.90. The number of nitrogens with one attached hydrogen (secondary N) is 1. The predicted octanol–water partition coefficient (Wildman–Crippen LogP) is 2.71. The second kappa shape index (κ2) is 8.48. The Morgan fingerprint density at radius 3 is 2.88 bits per heavy atom. The second-order valence-corrected chi connectivity index (χ2v) is 6.02. The van der Waals surface area contributed by atoms with Gasteiger partial charge < -0.3 is 19.7 Å². The molecule has 1 saturated heterocycles. The normalized spacial score (nSPS) is 17.2. The summed E-state index contributed by atoms with van der Waals surface area (Å²) >= 11 is 0. The van der Waals surface area contributed by atoms with Gasteiger partial charge in [-0.2, -0.15) is 0 Å². The molecule has 1 fully saturated rings. The lowest BCUT2D eigenvalue weighted by Crippen LogP contribution is -2.39. The van der Waals surface area contributed by atoms with Crippen molar-refractivity contribution >= 4 is 17.3 Å². The zero-order valence-corrected chi connectivity index (χ0v) is 14.4. The molecule has 132 valence electrons. The van der Waals surface area contributed by atoms with Crippen LogP contribution in [0.15, 0.2) is 48.8 Å². The monoisotopic (exact) mass is 341 g/mol. The lowest BCUT2D eigenvalue weighted by molar-refractivity contribution is -0.118. The zero-order chi connectivity index (χ0) is 17.5. The quantitative estimate of drug-likeness (QED) is 0.875. The predicted molar refractivity (Wildman–Crippen MR) is 97.0 cm³/mol. The SMILES string of the molecule is COC1CCCN(c2ccc(NC(=O)COc3cccnc3)cc2)C1. The lowest BCUT2D eigenvalue weighted by Gasteiger charge is -2.33. The van der Waals surface area contributed by atoms with E-state index in [1.807, 2.05) is 24.3 Å². The highest BCUT2D eigenvalue weighted by Crippen LogP contribution is 2.23. The van der Waals surface area contributed by atoms with Gasteiger partial charge in [0.05, 0.1) is 12.3 Å². The van der Waals surface area contributed by atoms with E-state index >= 15 is 0 Å². The van der Waals surface area contributed by atoms with Gasteiger partial charge in [0.2, 0.25) is 0 Å². The van der Waals surface area contributed by atoms with E-state index in [2.05, 4.69) is 15.2 Å². The molecule has 0 spiro atoms. The number of pyridine rings is 1. The highest BCUT2D eigenvalue weighted by Gasteiger charge is 2.19. The summed E-state index contributed by atoms with van der Waals surface area (Å²) in [6.07, 6.45) is 5.76. The van der Waals surface area contributed by atoms with Crippen LogP contribution in [0.2, 0.25) is 0 Å². The summed E-state index contributed by atoms with van der Waals surface area (Å²) in [7, 11) is 1.76. The third-order valence-electron chi connectivity index (χ3n) is 4.23. The molecule has 1 N–H and O–H groups in total. The average molecular weight is 341 g/mol. The lowest BCUT2D eigenvalue weighted by atomic mass is 10.1. The fraction of sp³-hybridized carbons (Fsp3) is 0.368. The minimum absolute atomic E-state index is 0.0465. The van der Waals surface area contributed by atoms with E-state index in [1.165, 1.54) is 0 Å². The Bertz CT molecular complexity index is 676. The average Bonchev–Trinajstić information content (AvgIpc) is 2.68. The number of methoxy groups -OCH3 is 1. The van der Waals surface area contributed by atoms with Gasteiger partial charge in [0.25, 0.3) is 5.91 Å². The first-order chi connectivity index (χ1) is 12.2. The van der Waals surface area contributed by atoms with E-state index in [-0.39, 0.29) is 18.6 Å². The largest absolute Gasteiger partial charge is 0.482 e. The summed E-state index contributed by atoms with van der Waals surface area (Å²) in [4.78, 5) is 18.2. The third kappa shape index (κ3) is 4.93. The minimum atomic E-state index is -0.200. The van der Waals surface area contributed by atoms with Gasteiger partial charge in [-0.05, 0) is 49.2 Å². The van der Waals surface area contributed by atoms with Gasteiger partial charge in [0.1, 0.15) is 5.75 Å². The maximum Gasteiger partial charge on any atom is 0.262 e. The maximum atomic E-state index is 12.0. The molecular formula is C19H23N3O3. The fourth-order valence-corrected chi connectivity index (χ4v) is 2.90. The topological polar surface area (TPSA) is 63.7 Å². The van der Waals surface area contributed by atoms with Crippen LogP contribution in [0, 0.1) is 0 Å². The Hall–Kier alpha value is -2.60. The molecule has 1 atom stereocenters. The Balaban J connectivity index is 1.51. The van der Waals surface area contributed by atoms with Gasteiger partial charge in [-0.3, -0.25) is 9.78 Å². The molecule has 25 heavy (non-hydrogen) atoms. The molecule has 3 rings (SSSR count). The number of hydrogen-bond donors (Lipinski definition) is 1. The van der Waals surface area contributed by atoms with E-state index in [1.54, 1.807) is 31.6 Å². The number of piperidine rings is 1. The van der Waals surface area contributed by atoms with Crippen LogP contribution in [0.25, 0.3) is 0 Å². The molecule has 1 aliphatic heterocycles. The molecule has 2 aromatic rings. The van der Waals surface area contributed by atoms with E-state index < -0.39 is 0 Å². The van der Waals surface area contributed by atoms with Crippen LogP contribution in [-0.4, -0.2) is 43.8 Å². The molecule has 6 nitrogen and oxygen atoms in total. The Morgan fingerprint density at radius 2 is 2.16 bits per heavy atom. The van der Waals surface area contributed by atoms with Crippen LogP contribution in [0.5, 0.6) is 5.75 Å². The minimum Gasteiger partial charge on any atom is -0.482 e. The van der Waals surface area contributed by atoms with Gasteiger partial charge in [-0.25, -0.2) is 0 Å². The molecule has 6 heteroatoms. The van der Waals surface area contributed by atoms with E-state index in [9.17, 15) is 4.79 Å². The van der Waals surface area contributed by atoms with Crippen molar-refractivity contribution in [1.29, 1.82) is 0 Å². The van der Waals surface area contributed by atoms with Gasteiger partial charge in [0.15, 0.2) is 6.61 Å². The van der Waals surface area contributed by atoms with Crippen LogP contribution >= 0.6 is 0 Å². The highest BCUT2D eigenvalue weighted by atomic mass is 16.5. The first-order valence-corrected chi connectivity index (χ1v) is 8.45. The number of carbonyl (C=O) groups excluding carboxylic acids is 1. The summed E-state index contributed by atoms with van der Waals surface area (Å²) in [5, 5.41) is 2.83. The van der Waals surface area contributed by atoms with Gasteiger partial charge in [-0.15, -0.1) is 0 Å². The summed E-state index contributed by atoms with van der Waals surface area (Å²) in [5.74, 6) is 0.375. The smallest absolute Gasteiger partial charge is 0.262 e. The number of aromatic nitrogens is 1. The molecule has 0 bridgehead atoms. The van der Waals surface area contributed by atoms with E-state index in [0.29, 0.717) is 5.75 Å². The molecule has 0 radical (unpaired) electrons. The Labute approximate surface area is 147 Å². The first-order valence-electron chi connectivity index (χ1n) is 8.45. The third-order valence-corrected chi connectivity index (χ3v) is 4.23. The first kappa shape index (κ1) is 17.2. The maximum absolute atomic E-state index is 12.0. The molecular weight excluding hydrogens is 318 g/mol. The molecule has 1 aromatic carbocycles. The van der Waals surface area contributed by atoms with E-state index in [0.717, 1.165) is 37.3 Å². The molecule has 0 aliphatic carbocycles. The van der Waals surface area contributed by atoms with Crippen molar-refractivity contribution < 1.29 is 14.3 Å². The number of nitrogens with zero attached hydrogens (tertiary/aromatic N) is 2. The van der Waals surface area contributed by atoms with Crippen molar-refractivity contribution in [2.24, 2.45) is 0 Å². The standard InChI is InChI=1S/C19H23N3O3/c1-24-18-5-3-11-22(13-18)16-8-6-15(7-9-16)21-19(23)14-25-17-4-2-10-20-12-17/h2,4,6-10,12,18H,3,5,11,13-14H2,1H3,(H,21,23). The van der Waals surface area contributed by atoms with Crippen molar-refractivity contribution in [3.05, 3.63) is 48.8 Å². The Kier molecular flexibility index (Phi) is 5.85. The number of amides is 1. The molecule has 1 unspecified atom stereocenters. The number of carbonyl (C=O) groups is 1. The summed E-state index contributed by atoms with van der Waals surface area (Å²) in [6, 6.07) is 11.4. The van der Waals surface area contributed by atoms with Crippen molar-refractivity contribution in [2.75, 3.05) is 37.0 Å². The molecule has 2 heterocycles. The van der Waals surface area contributed by atoms with E-state index in [4.69, 9.17) is 9.47 Å². The number of anilines is 2. The van der Waals surface area contributed by atoms with Crippen molar-refractivity contribution in [1.82, 2.24) is 4.98 Å². The van der Waals surface area contributed by atoms with Gasteiger partial charge in [-0.1, -0.05) is 0 Å². The fourth-order valence-electron chi connectivity index (χ4n) is 2.90. The molecule has 1 aromatic heterocycles. The van der Waals surface area contributed by atoms with Crippen LogP contribution in [-0.2, 0) is 9.53 Å². The number of rotatable bonds is 6. The van der Waals surface area contributed by atoms with Crippen LogP contribution < -0.4 is 15.0 Å². The van der Waals surface area contributed by atoms with Crippen molar-refractivity contribution in [2.45, 2.75) is 18.9 Å². The van der Waals surface area contributed by atoms with Crippen LogP contribution in [0.4, 0.5) is 11.4 Å². The van der Waals surface area contributed by atoms with Crippen LogP contribution in [0.1, 0.15) is 12.8 Å². The number of benzene rings is 1. The van der Waals surface area contributed by atoms with Gasteiger partial charge >= 0.3 is 0 Å². The molecule has 0 saturated carbocycles. The highest BCUT2D eigenvalue weighted by molar-refractivity contribution is 5.92. The van der Waals surface area contributed by atoms with Crippen molar-refractivity contribution in [3.63, 3.8) is 0 Å². The number of ether oxygens (including phenoxy) is 2. The zero-order valence-electron chi connectivity index (χ0n) is 14.4. The molecule has 1 amide bonds. The summed E-state index contributed by atoms with van der Waals surface area (Å²) in [6.45, 7) is 1.89. The van der Waals surface area contributed by atoms with Gasteiger partial charge in [0, 0.05) is 37.8 Å². The van der Waals surface area contributed by atoms with Crippen molar-refractivity contribution in [3.8, 4) is 5.75 Å². The Morgan fingerprint density at radius 1 is 1.32 bits per heavy atom. The molecule has 1 aliphatic rings. The number of hydrogen-bond acceptors (Lipinski definition) is 5. The van der Waals surface area contributed by atoms with Crippen LogP contribution in [0.3, 0.4) is 0 Å². The summed E-state index contributed by atoms with van der Waals surface area (Å²) < 4.78 is 10.9.